The molecule has 5 heteroatoms. The van der Waals surface area contributed by atoms with E-state index in [1.165, 1.54) is 0 Å². The van der Waals surface area contributed by atoms with Gasteiger partial charge in [0.25, 0.3) is 0 Å². The molecular formula is C7H18HfO4. The number of rotatable bonds is 0. The second kappa shape index (κ2) is 60.5. The van der Waals surface area contributed by atoms with E-state index in [-0.39, 0.29) is 19.8 Å². The molecule has 0 N–H and O–H groups in total. The first-order valence-corrected chi connectivity index (χ1v) is 5.07. The first-order chi connectivity index (χ1) is 5.66. The molecule has 0 radical (unpaired) electrons. The maximum absolute atomic E-state index is 8.93. The van der Waals surface area contributed by atoms with Gasteiger partial charge >= 0.3 is 34.8 Å². The fourth-order valence-corrected chi connectivity index (χ4v) is 0. The molecule has 0 fully saturated rings. The van der Waals surface area contributed by atoms with Crippen LogP contribution in [0.2, 0.25) is 0 Å². The van der Waals surface area contributed by atoms with Crippen LogP contribution in [0.1, 0.15) is 20.8 Å². The van der Waals surface area contributed by atoms with Crippen molar-refractivity contribution < 1.29 is 43.0 Å². The van der Waals surface area contributed by atoms with Gasteiger partial charge in [0.1, 0.15) is 0 Å². The van der Waals surface area contributed by atoms with E-state index in [0.717, 1.165) is 24.8 Å². The Morgan fingerprint density at radius 1 is 0.917 bits per heavy atom. The molecule has 0 aliphatic rings. The van der Waals surface area contributed by atoms with E-state index in [1.54, 1.807) is 27.9 Å². The van der Waals surface area contributed by atoms with Crippen molar-refractivity contribution in [3.8, 4) is 0 Å². The summed E-state index contributed by atoms with van der Waals surface area (Å²) in [5.74, 6) is 0. The van der Waals surface area contributed by atoms with E-state index in [4.69, 9.17) is 15.3 Å². The molecule has 0 aliphatic carbocycles. The Kier molecular flexibility index (Phi) is 116. The van der Waals surface area contributed by atoms with Gasteiger partial charge in [0.05, 0.1) is 0 Å². The van der Waals surface area contributed by atoms with Crippen LogP contribution in [0.25, 0.3) is 0 Å². The molecule has 0 saturated heterocycles. The summed E-state index contributed by atoms with van der Waals surface area (Å²) in [6.07, 6.45) is 0. The average molecular weight is 345 g/mol. The molecule has 0 rings (SSSR count). The molecule has 0 aromatic rings. The summed E-state index contributed by atoms with van der Waals surface area (Å²) >= 11 is 0.869. The Hall–Kier alpha value is 0.710. The van der Waals surface area contributed by atoms with E-state index in [2.05, 4.69) is 2.85 Å². The first-order valence-electron chi connectivity index (χ1n) is 3.60. The van der Waals surface area contributed by atoms with Crippen LogP contribution in [0.5, 0.6) is 0 Å². The van der Waals surface area contributed by atoms with Gasteiger partial charge < -0.3 is 15.3 Å². The molecule has 74 valence electrons. The SMILES string of the molecule is CC[O-].CC[O-].CC[O-].C[O][Hf+3]. The maximum atomic E-state index is 8.93. The zero-order valence-electron chi connectivity index (χ0n) is 8.25. The number of hydrogen-bond acceptors (Lipinski definition) is 4. The van der Waals surface area contributed by atoms with Crippen LogP contribution in [-0.2, 0) is 27.7 Å². The van der Waals surface area contributed by atoms with E-state index < -0.39 is 0 Å². The Balaban J connectivity index is -0.0000000356. The van der Waals surface area contributed by atoms with Gasteiger partial charge in [0.15, 0.2) is 0 Å². The molecule has 0 spiro atoms. The third-order valence-electron chi connectivity index (χ3n) is 0. The van der Waals surface area contributed by atoms with Crippen molar-refractivity contribution in [2.24, 2.45) is 0 Å². The van der Waals surface area contributed by atoms with Gasteiger partial charge in [0, 0.05) is 0 Å². The van der Waals surface area contributed by atoms with Crippen molar-refractivity contribution in [1.82, 2.24) is 0 Å². The summed E-state index contributed by atoms with van der Waals surface area (Å²) in [5.41, 5.74) is 0. The van der Waals surface area contributed by atoms with Crippen molar-refractivity contribution in [1.29, 1.82) is 0 Å². The molecule has 0 amide bonds. The van der Waals surface area contributed by atoms with Crippen LogP contribution in [0, 0.1) is 0 Å². The Morgan fingerprint density at radius 3 is 0.917 bits per heavy atom. The fourth-order valence-electron chi connectivity index (χ4n) is 0. The van der Waals surface area contributed by atoms with Crippen LogP contribution in [0.4, 0.5) is 0 Å². The standard InChI is InChI=1S/3C2H5O.CH3O.Hf/c3*1-2-3;1-2;/h3*2H2,1H3;1H3;/q4*-1;+4. The minimum atomic E-state index is 0. The predicted octanol–water partition coefficient (Wildman–Crippen LogP) is -1.81. The summed E-state index contributed by atoms with van der Waals surface area (Å²) in [6, 6.07) is 0. The second-order valence-electron chi connectivity index (χ2n) is 1.07. The fraction of sp³-hybridized carbons (Fsp3) is 1.00. The summed E-state index contributed by atoms with van der Waals surface area (Å²) in [4.78, 5) is 0. The molecule has 4 nitrogen and oxygen atoms in total. The van der Waals surface area contributed by atoms with Crippen molar-refractivity contribution in [3.63, 3.8) is 0 Å². The van der Waals surface area contributed by atoms with Gasteiger partial charge in [-0.05, 0) is 0 Å². The van der Waals surface area contributed by atoms with Crippen molar-refractivity contribution in [2.45, 2.75) is 20.8 Å². The zero-order valence-corrected chi connectivity index (χ0v) is 11.8. The van der Waals surface area contributed by atoms with Gasteiger partial charge in [0.2, 0.25) is 0 Å². The summed E-state index contributed by atoms with van der Waals surface area (Å²) in [7, 11) is 1.69. The molecule has 0 aliphatic heterocycles. The molecule has 0 aromatic heterocycles. The van der Waals surface area contributed by atoms with Crippen LogP contribution < -0.4 is 15.3 Å². The van der Waals surface area contributed by atoms with Crippen LogP contribution >= 0.6 is 0 Å². The van der Waals surface area contributed by atoms with Crippen LogP contribution in [-0.4, -0.2) is 26.9 Å². The Bertz CT molecular complexity index is 23.4. The Morgan fingerprint density at radius 2 is 0.917 bits per heavy atom. The monoisotopic (exact) mass is 346 g/mol. The molecule has 12 heavy (non-hydrogen) atoms. The number of hydrogen-bond donors (Lipinski definition) is 0. The summed E-state index contributed by atoms with van der Waals surface area (Å²) in [6.45, 7) is 4.71. The van der Waals surface area contributed by atoms with Gasteiger partial charge in [-0.15, -0.1) is 19.8 Å². The third kappa shape index (κ3) is 2000. The average Bonchev–Trinajstić information content (AvgIpc) is 1.92. The van der Waals surface area contributed by atoms with Gasteiger partial charge in [-0.3, -0.25) is 0 Å². The van der Waals surface area contributed by atoms with E-state index >= 15 is 0 Å². The van der Waals surface area contributed by atoms with E-state index in [9.17, 15) is 0 Å². The minimum absolute atomic E-state index is 0. The summed E-state index contributed by atoms with van der Waals surface area (Å²) in [5, 5.41) is 26.8. The van der Waals surface area contributed by atoms with Crippen molar-refractivity contribution in [2.75, 3.05) is 26.9 Å². The third-order valence-corrected chi connectivity index (χ3v) is 0. The predicted molar refractivity (Wildman–Crippen MR) is 38.6 cm³/mol. The Labute approximate surface area is 90.7 Å². The normalized spacial score (nSPS) is 6.08. The van der Waals surface area contributed by atoms with Gasteiger partial charge in [-0.2, -0.15) is 0 Å². The van der Waals surface area contributed by atoms with Gasteiger partial charge in [-0.25, -0.2) is 0 Å². The molecule has 0 heterocycles. The van der Waals surface area contributed by atoms with Crippen LogP contribution in [0.3, 0.4) is 0 Å². The van der Waals surface area contributed by atoms with E-state index in [1.807, 2.05) is 0 Å². The first kappa shape index (κ1) is 23.0. The van der Waals surface area contributed by atoms with Crippen molar-refractivity contribution >= 4 is 0 Å². The second-order valence-corrected chi connectivity index (χ2v) is 2.54. The molecule has 0 aromatic carbocycles. The van der Waals surface area contributed by atoms with Crippen molar-refractivity contribution in [3.05, 3.63) is 0 Å². The molecule has 0 bridgehead atoms. The topological polar surface area (TPSA) is 78.4 Å². The van der Waals surface area contributed by atoms with Crippen LogP contribution in [0.15, 0.2) is 0 Å². The quantitative estimate of drug-likeness (QED) is 0.486. The summed E-state index contributed by atoms with van der Waals surface area (Å²) < 4.78 is 4.39. The molecule has 0 atom stereocenters. The zero-order chi connectivity index (χ0) is 10.8. The van der Waals surface area contributed by atoms with Gasteiger partial charge in [-0.1, -0.05) is 20.8 Å². The molecular weight excluding hydrogens is 327 g/mol. The molecule has 0 unspecified atom stereocenters. The van der Waals surface area contributed by atoms with E-state index in [0.29, 0.717) is 0 Å². The molecule has 0 saturated carbocycles.